The number of allylic oxidation sites excluding steroid dienone is 1. The summed E-state index contributed by atoms with van der Waals surface area (Å²) in [7, 11) is 1.60. The van der Waals surface area contributed by atoms with E-state index < -0.39 is 17.6 Å². The predicted octanol–water partition coefficient (Wildman–Crippen LogP) is 4.71. The number of thioether (sulfide) groups is 1. The number of amides is 1. The van der Waals surface area contributed by atoms with Gasteiger partial charge in [-0.1, -0.05) is 36.0 Å². The van der Waals surface area contributed by atoms with Gasteiger partial charge in [0.05, 0.1) is 43.1 Å². The van der Waals surface area contributed by atoms with E-state index in [9.17, 15) is 9.59 Å². The first-order valence-electron chi connectivity index (χ1n) is 11.6. The summed E-state index contributed by atoms with van der Waals surface area (Å²) in [6, 6.07) is 12.6. The predicted molar refractivity (Wildman–Crippen MR) is 140 cm³/mol. The molecule has 1 N–H and O–H groups in total. The zero-order valence-electron chi connectivity index (χ0n) is 21.1. The van der Waals surface area contributed by atoms with Crippen LogP contribution in [-0.2, 0) is 20.9 Å². The van der Waals surface area contributed by atoms with Crippen molar-refractivity contribution >= 4 is 28.8 Å². The molecule has 36 heavy (non-hydrogen) atoms. The lowest BCUT2D eigenvalue weighted by Gasteiger charge is -2.37. The van der Waals surface area contributed by atoms with Crippen molar-refractivity contribution in [2.24, 2.45) is 4.99 Å². The molecule has 2 aliphatic heterocycles. The largest absolute Gasteiger partial charge is 0.496 e. The number of amidine groups is 1. The Labute approximate surface area is 215 Å². The van der Waals surface area contributed by atoms with Crippen molar-refractivity contribution in [2.45, 2.75) is 52.3 Å². The van der Waals surface area contributed by atoms with Crippen LogP contribution in [0.5, 0.6) is 5.75 Å². The Morgan fingerprint density at radius 1 is 1.14 bits per heavy atom. The first-order chi connectivity index (χ1) is 17.2. The summed E-state index contributed by atoms with van der Waals surface area (Å²) in [5.41, 5.74) is 2.62. The van der Waals surface area contributed by atoms with Gasteiger partial charge in [-0.15, -0.1) is 0 Å². The summed E-state index contributed by atoms with van der Waals surface area (Å²) in [6.45, 7) is 7.64. The summed E-state index contributed by atoms with van der Waals surface area (Å²) < 4.78 is 11.4. The van der Waals surface area contributed by atoms with Crippen molar-refractivity contribution in [3.05, 3.63) is 82.3 Å². The number of nitrogens with one attached hydrogen (secondary N) is 1. The lowest BCUT2D eigenvalue weighted by atomic mass is 9.93. The van der Waals surface area contributed by atoms with Crippen LogP contribution in [0.1, 0.15) is 51.4 Å². The van der Waals surface area contributed by atoms with Crippen molar-refractivity contribution in [2.75, 3.05) is 7.11 Å². The van der Waals surface area contributed by atoms with Crippen molar-refractivity contribution in [1.82, 2.24) is 15.2 Å². The van der Waals surface area contributed by atoms with E-state index in [4.69, 9.17) is 14.5 Å². The number of aliphatic imine (C=N–C) groups is 1. The maximum atomic E-state index is 13.5. The summed E-state index contributed by atoms with van der Waals surface area (Å²) in [5, 5.41) is 5.53. The lowest BCUT2D eigenvalue weighted by molar-refractivity contribution is -0.150. The van der Waals surface area contributed by atoms with Crippen molar-refractivity contribution in [1.29, 1.82) is 0 Å². The zero-order chi connectivity index (χ0) is 25.9. The number of benzene rings is 1. The molecule has 1 amide bonds. The molecule has 0 bridgehead atoms. The van der Waals surface area contributed by atoms with Gasteiger partial charge in [-0.2, -0.15) is 0 Å². The second-order valence-corrected chi connectivity index (χ2v) is 10.2. The van der Waals surface area contributed by atoms with Gasteiger partial charge in [-0.25, -0.2) is 9.79 Å². The Bertz CT molecular complexity index is 1250. The first kappa shape index (κ1) is 25.5. The van der Waals surface area contributed by atoms with Crippen LogP contribution < -0.4 is 10.1 Å². The maximum Gasteiger partial charge on any atom is 0.338 e. The zero-order valence-corrected chi connectivity index (χ0v) is 21.9. The number of rotatable bonds is 7. The third-order valence-corrected chi connectivity index (χ3v) is 6.48. The number of carbonyl (C=O) groups is 2. The first-order valence-corrected chi connectivity index (χ1v) is 12.5. The summed E-state index contributed by atoms with van der Waals surface area (Å²) in [6.07, 6.45) is 1.81. The normalized spacial score (nSPS) is 17.2. The van der Waals surface area contributed by atoms with Gasteiger partial charge >= 0.3 is 5.97 Å². The third-order valence-electron chi connectivity index (χ3n) is 5.59. The molecule has 0 spiro atoms. The molecule has 0 fully saturated rings. The minimum Gasteiger partial charge on any atom is -0.496 e. The van der Waals surface area contributed by atoms with Crippen molar-refractivity contribution < 1.29 is 19.1 Å². The minimum atomic E-state index is -0.677. The number of aromatic nitrogens is 1. The van der Waals surface area contributed by atoms with Crippen LogP contribution in [0.2, 0.25) is 0 Å². The highest BCUT2D eigenvalue weighted by atomic mass is 32.2. The fourth-order valence-corrected chi connectivity index (χ4v) is 5.03. The van der Waals surface area contributed by atoms with Crippen LogP contribution in [0.3, 0.4) is 0 Å². The molecule has 3 heterocycles. The lowest BCUT2D eigenvalue weighted by Crippen LogP contribution is -2.39. The maximum absolute atomic E-state index is 13.5. The second-order valence-electron chi connectivity index (χ2n) is 9.41. The van der Waals surface area contributed by atoms with Gasteiger partial charge in [-0.3, -0.25) is 9.78 Å². The molecule has 0 saturated heterocycles. The van der Waals surface area contributed by atoms with Gasteiger partial charge in [0.15, 0.2) is 5.17 Å². The van der Waals surface area contributed by atoms with E-state index in [1.165, 1.54) is 11.8 Å². The monoisotopic (exact) mass is 506 g/mol. The van der Waals surface area contributed by atoms with Crippen LogP contribution in [0.25, 0.3) is 0 Å². The van der Waals surface area contributed by atoms with E-state index >= 15 is 0 Å². The molecule has 0 radical (unpaired) electrons. The van der Waals surface area contributed by atoms with E-state index in [2.05, 4.69) is 10.3 Å². The number of fused-ring (bicyclic) bond motifs is 1. The number of nitrogens with zero attached hydrogens (tertiary/aromatic N) is 3. The Morgan fingerprint density at radius 3 is 2.58 bits per heavy atom. The van der Waals surface area contributed by atoms with Gasteiger partial charge in [-0.05, 0) is 51.3 Å². The summed E-state index contributed by atoms with van der Waals surface area (Å²) >= 11 is 1.43. The molecule has 1 aromatic heterocycles. The molecule has 188 valence electrons. The van der Waals surface area contributed by atoms with Gasteiger partial charge in [0, 0.05) is 17.5 Å². The Morgan fingerprint density at radius 2 is 1.89 bits per heavy atom. The van der Waals surface area contributed by atoms with Crippen molar-refractivity contribution in [3.63, 3.8) is 0 Å². The number of esters is 1. The standard InChI is InChI=1S/C27H30N4O4S/c1-17-23(25(33)35-27(2,3)4)24(20-11-6-7-12-21(20)34-5)31-19(16-36-26(31)30-17)14-22(32)29-15-18-10-8-9-13-28-18/h6-13,16,24H,14-15H2,1-5H3,(H,29,32). The Balaban J connectivity index is 1.66. The van der Waals surface area contributed by atoms with E-state index in [0.29, 0.717) is 28.7 Å². The van der Waals surface area contributed by atoms with E-state index in [-0.39, 0.29) is 12.3 Å². The molecule has 0 aliphatic carbocycles. The molecule has 1 aromatic carbocycles. The molecule has 4 rings (SSSR count). The minimum absolute atomic E-state index is 0.116. The average molecular weight is 507 g/mol. The molecule has 8 nitrogen and oxygen atoms in total. The number of ether oxygens (including phenoxy) is 2. The van der Waals surface area contributed by atoms with Gasteiger partial charge in [0.25, 0.3) is 0 Å². The molecule has 1 unspecified atom stereocenters. The SMILES string of the molecule is COc1ccccc1C1C(C(=O)OC(C)(C)C)=C(C)N=C2SC=C(CC(=O)NCc3ccccn3)N21. The number of para-hydroxylation sites is 1. The number of hydrogen-bond donors (Lipinski definition) is 1. The van der Waals surface area contributed by atoms with Gasteiger partial charge in [0.1, 0.15) is 11.4 Å². The molecular formula is C27H30N4O4S. The van der Waals surface area contributed by atoms with Gasteiger partial charge < -0.3 is 19.7 Å². The van der Waals surface area contributed by atoms with Crippen LogP contribution in [-0.4, -0.2) is 39.6 Å². The Hall–Kier alpha value is -3.59. The molecule has 2 aliphatic rings. The van der Waals surface area contributed by atoms with E-state index in [0.717, 1.165) is 17.0 Å². The van der Waals surface area contributed by atoms with Crippen LogP contribution in [0.15, 0.2) is 76.0 Å². The average Bonchev–Trinajstić information content (AvgIpc) is 3.23. The van der Waals surface area contributed by atoms with Crippen molar-refractivity contribution in [3.8, 4) is 5.75 Å². The van der Waals surface area contributed by atoms with E-state index in [1.54, 1.807) is 13.3 Å². The van der Waals surface area contributed by atoms with Gasteiger partial charge in [0.2, 0.25) is 5.91 Å². The molecule has 2 aromatic rings. The quantitative estimate of drug-likeness (QED) is 0.544. The molecule has 1 atom stereocenters. The summed E-state index contributed by atoms with van der Waals surface area (Å²) in [4.78, 5) is 37.3. The number of methoxy groups -OCH3 is 1. The number of pyridine rings is 1. The number of carbonyl (C=O) groups excluding carboxylic acids is 2. The number of hydrogen-bond acceptors (Lipinski definition) is 8. The fourth-order valence-electron chi connectivity index (χ4n) is 4.07. The highest BCUT2D eigenvalue weighted by Crippen LogP contribution is 2.47. The van der Waals surface area contributed by atoms with Crippen LogP contribution in [0.4, 0.5) is 0 Å². The highest BCUT2D eigenvalue weighted by Gasteiger charge is 2.42. The second kappa shape index (κ2) is 10.6. The molecular weight excluding hydrogens is 476 g/mol. The smallest absolute Gasteiger partial charge is 0.338 e. The Kier molecular flexibility index (Phi) is 7.49. The highest BCUT2D eigenvalue weighted by molar-refractivity contribution is 8.16. The van der Waals surface area contributed by atoms with E-state index in [1.807, 2.05) is 80.5 Å². The summed E-state index contributed by atoms with van der Waals surface area (Å²) in [5.74, 6) is 0.0284. The topological polar surface area (TPSA) is 93.1 Å². The van der Waals surface area contributed by atoms with Crippen LogP contribution in [0, 0.1) is 0 Å². The fraction of sp³-hybridized carbons (Fsp3) is 0.333. The molecule has 9 heteroatoms. The third kappa shape index (κ3) is 5.62. The molecule has 0 saturated carbocycles. The van der Waals surface area contributed by atoms with Crippen LogP contribution >= 0.6 is 11.8 Å².